The standard InChI is InChI=1S/C20H23NO4/c1-21(16-10-9-13-7-5-6-8-15(13)16)20(22)14-11-17(23-2)19(25-4)18(12-14)24-3/h5-8,11-12,16H,9-10H2,1-4H3. The molecule has 2 aromatic rings. The number of ether oxygens (including phenoxy) is 3. The summed E-state index contributed by atoms with van der Waals surface area (Å²) in [6, 6.07) is 11.8. The Bertz CT molecular complexity index is 762. The van der Waals surface area contributed by atoms with Crippen molar-refractivity contribution in [3.63, 3.8) is 0 Å². The third kappa shape index (κ3) is 3.02. The van der Waals surface area contributed by atoms with E-state index in [9.17, 15) is 4.79 Å². The van der Waals surface area contributed by atoms with E-state index in [4.69, 9.17) is 14.2 Å². The summed E-state index contributed by atoms with van der Waals surface area (Å²) in [7, 11) is 6.48. The maximum absolute atomic E-state index is 13.1. The number of benzene rings is 2. The lowest BCUT2D eigenvalue weighted by Gasteiger charge is -2.26. The van der Waals surface area contributed by atoms with Crippen molar-refractivity contribution < 1.29 is 19.0 Å². The maximum Gasteiger partial charge on any atom is 0.254 e. The second-order valence-electron chi connectivity index (χ2n) is 6.08. The highest BCUT2D eigenvalue weighted by Crippen LogP contribution is 2.40. The van der Waals surface area contributed by atoms with Gasteiger partial charge in [-0.15, -0.1) is 0 Å². The fraction of sp³-hybridized carbons (Fsp3) is 0.350. The molecule has 132 valence electrons. The predicted molar refractivity (Wildman–Crippen MR) is 95.7 cm³/mol. The quantitative estimate of drug-likeness (QED) is 0.835. The second kappa shape index (κ2) is 7.05. The number of rotatable bonds is 5. The van der Waals surface area contributed by atoms with E-state index in [1.807, 2.05) is 19.2 Å². The van der Waals surface area contributed by atoms with Crippen LogP contribution in [0.25, 0.3) is 0 Å². The first-order chi connectivity index (χ1) is 12.1. The molecule has 0 heterocycles. The second-order valence-corrected chi connectivity index (χ2v) is 6.08. The van der Waals surface area contributed by atoms with Crippen molar-refractivity contribution in [1.82, 2.24) is 4.90 Å². The maximum atomic E-state index is 13.1. The lowest BCUT2D eigenvalue weighted by Crippen LogP contribution is -2.30. The number of aryl methyl sites for hydroxylation is 1. The van der Waals surface area contributed by atoms with Crippen molar-refractivity contribution in [1.29, 1.82) is 0 Å². The van der Waals surface area contributed by atoms with Gasteiger partial charge in [-0.2, -0.15) is 0 Å². The molecule has 0 saturated carbocycles. The van der Waals surface area contributed by atoms with E-state index in [2.05, 4.69) is 12.1 Å². The first-order valence-electron chi connectivity index (χ1n) is 8.25. The average Bonchev–Trinajstić information content (AvgIpc) is 3.09. The molecule has 5 heteroatoms. The fourth-order valence-corrected chi connectivity index (χ4v) is 3.49. The van der Waals surface area contributed by atoms with Gasteiger partial charge in [0.1, 0.15) is 0 Å². The van der Waals surface area contributed by atoms with E-state index in [-0.39, 0.29) is 11.9 Å². The van der Waals surface area contributed by atoms with Crippen LogP contribution in [0.15, 0.2) is 36.4 Å². The highest BCUT2D eigenvalue weighted by Gasteiger charge is 2.29. The summed E-state index contributed by atoms with van der Waals surface area (Å²) in [6.45, 7) is 0. The van der Waals surface area contributed by atoms with Crippen molar-refractivity contribution in [2.24, 2.45) is 0 Å². The smallest absolute Gasteiger partial charge is 0.254 e. The average molecular weight is 341 g/mol. The summed E-state index contributed by atoms with van der Waals surface area (Å²) >= 11 is 0. The van der Waals surface area contributed by atoms with Gasteiger partial charge in [-0.1, -0.05) is 24.3 Å². The molecule has 1 aliphatic carbocycles. The van der Waals surface area contributed by atoms with Crippen LogP contribution in [0.5, 0.6) is 17.2 Å². The molecule has 25 heavy (non-hydrogen) atoms. The largest absolute Gasteiger partial charge is 0.493 e. The molecule has 0 N–H and O–H groups in total. The molecule has 1 amide bonds. The molecule has 2 aromatic carbocycles. The van der Waals surface area contributed by atoms with Gasteiger partial charge in [0, 0.05) is 12.6 Å². The third-order valence-corrected chi connectivity index (χ3v) is 4.80. The molecule has 1 aliphatic rings. The lowest BCUT2D eigenvalue weighted by molar-refractivity contribution is 0.0729. The Morgan fingerprint density at radius 3 is 2.28 bits per heavy atom. The molecular weight excluding hydrogens is 318 g/mol. The number of carbonyl (C=O) groups excluding carboxylic acids is 1. The Hall–Kier alpha value is -2.69. The minimum Gasteiger partial charge on any atom is -0.493 e. The molecule has 0 fully saturated rings. The molecule has 0 saturated heterocycles. The zero-order valence-electron chi connectivity index (χ0n) is 15.0. The molecule has 5 nitrogen and oxygen atoms in total. The van der Waals surface area contributed by atoms with Gasteiger partial charge < -0.3 is 19.1 Å². The van der Waals surface area contributed by atoms with Crippen molar-refractivity contribution >= 4 is 5.91 Å². The fourth-order valence-electron chi connectivity index (χ4n) is 3.49. The number of amides is 1. The number of methoxy groups -OCH3 is 3. The van der Waals surface area contributed by atoms with E-state index in [1.54, 1.807) is 38.4 Å². The number of nitrogens with zero attached hydrogens (tertiary/aromatic N) is 1. The van der Waals surface area contributed by atoms with Gasteiger partial charge in [0.15, 0.2) is 11.5 Å². The van der Waals surface area contributed by atoms with Crippen molar-refractivity contribution in [3.05, 3.63) is 53.1 Å². The Kier molecular flexibility index (Phi) is 4.83. The van der Waals surface area contributed by atoms with Crippen molar-refractivity contribution in [3.8, 4) is 17.2 Å². The van der Waals surface area contributed by atoms with Gasteiger partial charge in [0.25, 0.3) is 5.91 Å². The molecule has 0 bridgehead atoms. The van der Waals surface area contributed by atoms with Crippen LogP contribution in [-0.4, -0.2) is 39.2 Å². The topological polar surface area (TPSA) is 48.0 Å². The van der Waals surface area contributed by atoms with Crippen LogP contribution in [-0.2, 0) is 6.42 Å². The monoisotopic (exact) mass is 341 g/mol. The predicted octanol–water partition coefficient (Wildman–Crippen LogP) is 3.47. The highest BCUT2D eigenvalue weighted by atomic mass is 16.5. The molecule has 3 rings (SSSR count). The van der Waals surface area contributed by atoms with Crippen LogP contribution in [0.2, 0.25) is 0 Å². The van der Waals surface area contributed by atoms with Gasteiger partial charge in [0.2, 0.25) is 5.75 Å². The number of hydrogen-bond acceptors (Lipinski definition) is 4. The van der Waals surface area contributed by atoms with E-state index in [1.165, 1.54) is 11.1 Å². The molecular formula is C20H23NO4. The van der Waals surface area contributed by atoms with Gasteiger partial charge in [-0.05, 0) is 36.1 Å². The summed E-state index contributed by atoms with van der Waals surface area (Å²) < 4.78 is 16.0. The highest BCUT2D eigenvalue weighted by molar-refractivity contribution is 5.95. The molecule has 1 atom stereocenters. The van der Waals surface area contributed by atoms with Crippen molar-refractivity contribution in [2.45, 2.75) is 18.9 Å². The summed E-state index contributed by atoms with van der Waals surface area (Å²) in [5.41, 5.74) is 3.06. The van der Waals surface area contributed by atoms with E-state index < -0.39 is 0 Å². The number of carbonyl (C=O) groups is 1. The van der Waals surface area contributed by atoms with E-state index >= 15 is 0 Å². The van der Waals surface area contributed by atoms with Crippen LogP contribution < -0.4 is 14.2 Å². The SMILES string of the molecule is COc1cc(C(=O)N(C)C2CCc3ccccc32)cc(OC)c1OC. The Balaban J connectivity index is 1.93. The number of fused-ring (bicyclic) bond motifs is 1. The molecule has 0 spiro atoms. The minimum absolute atomic E-state index is 0.0686. The zero-order valence-corrected chi connectivity index (χ0v) is 15.0. The summed E-state index contributed by atoms with van der Waals surface area (Å²) in [5.74, 6) is 1.37. The third-order valence-electron chi connectivity index (χ3n) is 4.80. The van der Waals surface area contributed by atoms with Gasteiger partial charge in [0.05, 0.1) is 27.4 Å². The van der Waals surface area contributed by atoms with Crippen LogP contribution in [0.1, 0.15) is 33.9 Å². The first-order valence-corrected chi connectivity index (χ1v) is 8.25. The molecule has 0 radical (unpaired) electrons. The Morgan fingerprint density at radius 1 is 1.04 bits per heavy atom. The molecule has 0 aromatic heterocycles. The summed E-state index contributed by atoms with van der Waals surface area (Å²) in [4.78, 5) is 14.8. The molecule has 1 unspecified atom stereocenters. The van der Waals surface area contributed by atoms with Crippen LogP contribution >= 0.6 is 0 Å². The first kappa shape index (κ1) is 17.1. The molecule has 0 aliphatic heterocycles. The minimum atomic E-state index is -0.0686. The lowest BCUT2D eigenvalue weighted by atomic mass is 10.1. The zero-order chi connectivity index (χ0) is 18.0. The van der Waals surface area contributed by atoms with E-state index in [0.29, 0.717) is 22.8 Å². The Labute approximate surface area is 148 Å². The number of hydrogen-bond donors (Lipinski definition) is 0. The van der Waals surface area contributed by atoms with Gasteiger partial charge >= 0.3 is 0 Å². The van der Waals surface area contributed by atoms with E-state index in [0.717, 1.165) is 12.8 Å². The Morgan fingerprint density at radius 2 is 1.68 bits per heavy atom. The van der Waals surface area contributed by atoms with Gasteiger partial charge in [-0.25, -0.2) is 0 Å². The summed E-state index contributed by atoms with van der Waals surface area (Å²) in [6.07, 6.45) is 1.93. The summed E-state index contributed by atoms with van der Waals surface area (Å²) in [5, 5.41) is 0. The van der Waals surface area contributed by atoms with Crippen LogP contribution in [0.3, 0.4) is 0 Å². The van der Waals surface area contributed by atoms with Gasteiger partial charge in [-0.3, -0.25) is 4.79 Å². The van der Waals surface area contributed by atoms with Crippen LogP contribution in [0, 0.1) is 0 Å². The van der Waals surface area contributed by atoms with Crippen LogP contribution in [0.4, 0.5) is 0 Å². The normalized spacial score (nSPS) is 15.4. The van der Waals surface area contributed by atoms with Crippen molar-refractivity contribution in [2.75, 3.05) is 28.4 Å².